The van der Waals surface area contributed by atoms with E-state index in [-0.39, 0.29) is 12.2 Å². The fourth-order valence-corrected chi connectivity index (χ4v) is 4.75. The van der Waals surface area contributed by atoms with Gasteiger partial charge in [0.05, 0.1) is 12.6 Å². The fourth-order valence-electron chi connectivity index (χ4n) is 4.75. The lowest BCUT2D eigenvalue weighted by molar-refractivity contribution is 0.0633. The van der Waals surface area contributed by atoms with Crippen LogP contribution in [0.5, 0.6) is 5.88 Å². The van der Waals surface area contributed by atoms with Crippen LogP contribution in [0.25, 0.3) is 32.8 Å². The van der Waals surface area contributed by atoms with Crippen molar-refractivity contribution in [1.82, 2.24) is 14.5 Å². The monoisotopic (exact) mass is 524 g/mol. The molecule has 9 heteroatoms. The van der Waals surface area contributed by atoms with E-state index in [1.807, 2.05) is 42.5 Å². The van der Waals surface area contributed by atoms with Gasteiger partial charge in [0, 0.05) is 35.5 Å². The van der Waals surface area contributed by atoms with Gasteiger partial charge < -0.3 is 19.1 Å². The maximum Gasteiger partial charge on any atom is 0.413 e. The van der Waals surface area contributed by atoms with E-state index in [1.165, 1.54) is 7.11 Å². The van der Waals surface area contributed by atoms with Gasteiger partial charge in [-0.15, -0.1) is 0 Å². The molecule has 0 saturated carbocycles. The number of methoxy groups -OCH3 is 1. The molecule has 0 unspecified atom stereocenters. The minimum atomic E-state index is -1.09. The molecule has 5 rings (SSSR count). The third-order valence-electron chi connectivity index (χ3n) is 6.19. The molecule has 0 atom stereocenters. The quantitative estimate of drug-likeness (QED) is 0.266. The number of aromatic carboxylic acids is 1. The summed E-state index contributed by atoms with van der Waals surface area (Å²) in [5.74, 6) is -0.452. The van der Waals surface area contributed by atoms with Crippen molar-refractivity contribution >= 4 is 39.6 Å². The number of carboxylic acid groups (broad SMARTS) is 1. The first-order valence-electron chi connectivity index (χ1n) is 12.4. The van der Waals surface area contributed by atoms with Gasteiger partial charge in [0.2, 0.25) is 5.88 Å². The third kappa shape index (κ3) is 5.11. The summed E-state index contributed by atoms with van der Waals surface area (Å²) in [4.78, 5) is 33.7. The molecule has 0 aliphatic carbocycles. The van der Waals surface area contributed by atoms with Crippen molar-refractivity contribution in [2.45, 2.75) is 32.9 Å². The lowest BCUT2D eigenvalue weighted by atomic mass is 9.98. The van der Waals surface area contributed by atoms with Crippen LogP contribution in [0.3, 0.4) is 0 Å². The molecule has 3 heterocycles. The zero-order valence-corrected chi connectivity index (χ0v) is 22.1. The Balaban J connectivity index is 1.70. The van der Waals surface area contributed by atoms with Crippen molar-refractivity contribution in [3.05, 3.63) is 84.3 Å². The van der Waals surface area contributed by atoms with Gasteiger partial charge in [-0.25, -0.2) is 19.6 Å². The highest BCUT2D eigenvalue weighted by Gasteiger charge is 2.27. The third-order valence-corrected chi connectivity index (χ3v) is 6.19. The number of nitrogens with zero attached hydrogens (tertiary/aromatic N) is 3. The van der Waals surface area contributed by atoms with Gasteiger partial charge in [-0.05, 0) is 67.4 Å². The summed E-state index contributed by atoms with van der Waals surface area (Å²) in [7, 11) is 1.51. The second-order valence-electron chi connectivity index (χ2n) is 10.0. The zero-order chi connectivity index (χ0) is 27.7. The first kappa shape index (κ1) is 25.7. The normalized spacial score (nSPS) is 11.5. The summed E-state index contributed by atoms with van der Waals surface area (Å²) in [6.07, 6.45) is 2.55. The van der Waals surface area contributed by atoms with E-state index in [4.69, 9.17) is 9.47 Å². The van der Waals surface area contributed by atoms with Crippen molar-refractivity contribution in [2.75, 3.05) is 12.4 Å². The molecule has 0 aliphatic heterocycles. The Hall–Kier alpha value is -4.92. The van der Waals surface area contributed by atoms with Crippen molar-refractivity contribution in [3.8, 4) is 17.0 Å². The summed E-state index contributed by atoms with van der Waals surface area (Å²) in [6, 6.07) is 18.8. The smallest absolute Gasteiger partial charge is 0.413 e. The number of nitrogens with one attached hydrogen (secondary N) is 1. The average molecular weight is 525 g/mol. The number of fused-ring (bicyclic) bond motifs is 3. The summed E-state index contributed by atoms with van der Waals surface area (Å²) < 4.78 is 12.6. The second-order valence-corrected chi connectivity index (χ2v) is 10.0. The van der Waals surface area contributed by atoms with Gasteiger partial charge in [-0.2, -0.15) is 0 Å². The minimum absolute atomic E-state index is 0.103. The Labute approximate surface area is 225 Å². The number of hydrogen-bond acceptors (Lipinski definition) is 6. The Morgan fingerprint density at radius 2 is 1.79 bits per heavy atom. The number of anilines is 1. The Kier molecular flexibility index (Phi) is 6.66. The van der Waals surface area contributed by atoms with Crippen molar-refractivity contribution in [3.63, 3.8) is 0 Å². The molecular weight excluding hydrogens is 496 g/mol. The molecule has 2 N–H and O–H groups in total. The molecule has 0 aliphatic rings. The maximum absolute atomic E-state index is 12.9. The minimum Gasteiger partial charge on any atom is -0.481 e. The first-order chi connectivity index (χ1) is 18.7. The van der Waals surface area contributed by atoms with E-state index in [0.717, 1.165) is 27.2 Å². The van der Waals surface area contributed by atoms with E-state index in [1.54, 1.807) is 55.9 Å². The SMILES string of the molecule is COc1ncccc1-c1c(C(=O)O)n(Cc2ccnc(NC(=O)OC(C)(C)C)c2)c2ccc3ccccc3c12. The van der Waals surface area contributed by atoms with Crippen LogP contribution in [0.4, 0.5) is 10.6 Å². The molecule has 39 heavy (non-hydrogen) atoms. The van der Waals surface area contributed by atoms with Crippen LogP contribution < -0.4 is 10.1 Å². The van der Waals surface area contributed by atoms with Gasteiger partial charge in [0.25, 0.3) is 0 Å². The highest BCUT2D eigenvalue weighted by atomic mass is 16.6. The number of amides is 1. The second kappa shape index (κ2) is 10.1. The van der Waals surface area contributed by atoms with Gasteiger partial charge in [-0.1, -0.05) is 30.3 Å². The maximum atomic E-state index is 12.9. The van der Waals surface area contributed by atoms with E-state index < -0.39 is 17.7 Å². The molecule has 0 spiro atoms. The molecule has 5 aromatic rings. The molecule has 3 aromatic heterocycles. The number of rotatable bonds is 6. The van der Waals surface area contributed by atoms with Crippen LogP contribution in [0.1, 0.15) is 36.8 Å². The van der Waals surface area contributed by atoms with Crippen LogP contribution in [0, 0.1) is 0 Å². The lowest BCUT2D eigenvalue weighted by Crippen LogP contribution is -2.27. The van der Waals surface area contributed by atoms with Gasteiger partial charge in [-0.3, -0.25) is 5.32 Å². The van der Waals surface area contributed by atoms with Crippen LogP contribution in [-0.2, 0) is 11.3 Å². The summed E-state index contributed by atoms with van der Waals surface area (Å²) in [6.45, 7) is 5.54. The number of ether oxygens (including phenoxy) is 2. The molecule has 198 valence electrons. The van der Waals surface area contributed by atoms with E-state index in [9.17, 15) is 14.7 Å². The molecule has 2 aromatic carbocycles. The highest BCUT2D eigenvalue weighted by Crippen LogP contribution is 2.42. The average Bonchev–Trinajstić information content (AvgIpc) is 3.22. The van der Waals surface area contributed by atoms with Gasteiger partial charge in [0.15, 0.2) is 0 Å². The molecular formula is C30H28N4O5. The lowest BCUT2D eigenvalue weighted by Gasteiger charge is -2.19. The van der Waals surface area contributed by atoms with Crippen LogP contribution in [0.2, 0.25) is 0 Å². The summed E-state index contributed by atoms with van der Waals surface area (Å²) >= 11 is 0. The number of pyridine rings is 2. The largest absolute Gasteiger partial charge is 0.481 e. The summed E-state index contributed by atoms with van der Waals surface area (Å²) in [5, 5.41) is 15.9. The Bertz CT molecular complexity index is 1720. The molecule has 0 radical (unpaired) electrons. The molecule has 1 amide bonds. The predicted molar refractivity (Wildman–Crippen MR) is 149 cm³/mol. The highest BCUT2D eigenvalue weighted by molar-refractivity contribution is 6.19. The predicted octanol–water partition coefficient (Wildman–Crippen LogP) is 6.35. The molecule has 0 saturated heterocycles. The number of hydrogen-bond donors (Lipinski definition) is 2. The molecule has 0 fully saturated rings. The topological polar surface area (TPSA) is 116 Å². The first-order valence-corrected chi connectivity index (χ1v) is 12.4. The van der Waals surface area contributed by atoms with E-state index in [2.05, 4.69) is 15.3 Å². The number of aromatic nitrogens is 3. The zero-order valence-electron chi connectivity index (χ0n) is 22.1. The van der Waals surface area contributed by atoms with Crippen LogP contribution >= 0.6 is 0 Å². The number of carboxylic acids is 1. The van der Waals surface area contributed by atoms with Crippen molar-refractivity contribution < 1.29 is 24.2 Å². The molecule has 9 nitrogen and oxygen atoms in total. The molecule has 0 bridgehead atoms. The Morgan fingerprint density at radius 1 is 1.00 bits per heavy atom. The van der Waals surface area contributed by atoms with Gasteiger partial charge >= 0.3 is 12.1 Å². The van der Waals surface area contributed by atoms with E-state index >= 15 is 0 Å². The Morgan fingerprint density at radius 3 is 2.54 bits per heavy atom. The number of carbonyl (C=O) groups is 2. The number of carbonyl (C=O) groups excluding carboxylic acids is 1. The number of benzene rings is 2. The van der Waals surface area contributed by atoms with Crippen molar-refractivity contribution in [1.29, 1.82) is 0 Å². The van der Waals surface area contributed by atoms with Gasteiger partial charge in [0.1, 0.15) is 17.1 Å². The summed E-state index contributed by atoms with van der Waals surface area (Å²) in [5.41, 5.74) is 2.04. The fraction of sp³-hybridized carbons (Fsp3) is 0.200. The van der Waals surface area contributed by atoms with Crippen LogP contribution in [0.15, 0.2) is 73.1 Å². The standard InChI is InChI=1S/C30H28N4O5/c1-30(2,3)39-29(37)33-23-16-18(13-15-31-23)17-34-22-12-11-19-8-5-6-9-20(19)24(22)25(26(34)28(35)36)21-10-7-14-32-27(21)38-4/h5-16H,17H2,1-4H3,(H,35,36)(H,31,33,37). The van der Waals surface area contributed by atoms with Crippen molar-refractivity contribution in [2.24, 2.45) is 0 Å². The van der Waals surface area contributed by atoms with Crippen LogP contribution in [-0.4, -0.2) is 44.4 Å². The van der Waals surface area contributed by atoms with E-state index in [0.29, 0.717) is 22.8 Å².